The van der Waals surface area contributed by atoms with Gasteiger partial charge in [0, 0.05) is 0 Å². The summed E-state index contributed by atoms with van der Waals surface area (Å²) < 4.78 is 1.35. The number of rotatable bonds is 2. The molecule has 0 aliphatic rings. The molecule has 0 saturated heterocycles. The van der Waals surface area contributed by atoms with E-state index in [4.69, 9.17) is 0 Å². The lowest BCUT2D eigenvalue weighted by Gasteiger charge is -2.14. The summed E-state index contributed by atoms with van der Waals surface area (Å²) in [7, 11) is 0. The molecule has 1 heterocycles. The Hall–Kier alpha value is -2.62. The molecule has 4 nitrogen and oxygen atoms in total. The number of nitrogens with one attached hydrogen (secondary N) is 1. The largest absolute Gasteiger partial charge is 0.277 e. The number of benzene rings is 2. The van der Waals surface area contributed by atoms with E-state index >= 15 is 0 Å². The van der Waals surface area contributed by atoms with Crippen LogP contribution in [0.5, 0.6) is 0 Å². The Morgan fingerprint density at radius 3 is 2.24 bits per heavy atom. The van der Waals surface area contributed by atoms with Gasteiger partial charge in [-0.2, -0.15) is 0 Å². The van der Waals surface area contributed by atoms with E-state index in [0.717, 1.165) is 11.3 Å². The quantitative estimate of drug-likeness (QED) is 0.784. The van der Waals surface area contributed by atoms with E-state index in [0.29, 0.717) is 10.8 Å². The number of H-pyrrole nitrogens is 1. The maximum atomic E-state index is 12.6. The molecule has 0 aliphatic heterocycles. The lowest BCUT2D eigenvalue weighted by molar-refractivity contribution is 0.766. The fraction of sp³-hybridized carbons (Fsp3) is 0.176. The van der Waals surface area contributed by atoms with Crippen LogP contribution in [0.2, 0.25) is 0 Å². The van der Waals surface area contributed by atoms with Gasteiger partial charge in [-0.25, -0.2) is 4.68 Å². The Morgan fingerprint density at radius 1 is 0.905 bits per heavy atom. The van der Waals surface area contributed by atoms with E-state index in [2.05, 4.69) is 18.9 Å². The molecule has 0 saturated carbocycles. The fourth-order valence-electron chi connectivity index (χ4n) is 2.55. The van der Waals surface area contributed by atoms with Crippen molar-refractivity contribution in [1.29, 1.82) is 0 Å². The van der Waals surface area contributed by atoms with Crippen LogP contribution in [0.25, 0.3) is 16.5 Å². The number of fused-ring (bicyclic) bond motifs is 1. The molecule has 1 aromatic heterocycles. The average Bonchev–Trinajstić information content (AvgIpc) is 2.51. The minimum atomic E-state index is -0.260. The van der Waals surface area contributed by atoms with E-state index in [1.807, 2.05) is 24.3 Å². The van der Waals surface area contributed by atoms with Crippen LogP contribution in [0.3, 0.4) is 0 Å². The summed E-state index contributed by atoms with van der Waals surface area (Å²) in [5, 5.41) is 3.53. The molecule has 3 rings (SSSR count). The molecule has 0 amide bonds. The van der Waals surface area contributed by atoms with Crippen LogP contribution in [0.15, 0.2) is 58.1 Å². The fourth-order valence-corrected chi connectivity index (χ4v) is 2.55. The van der Waals surface area contributed by atoms with Crippen molar-refractivity contribution in [2.75, 3.05) is 0 Å². The second-order valence-corrected chi connectivity index (χ2v) is 5.34. The molecule has 0 bridgehead atoms. The topological polar surface area (TPSA) is 54.9 Å². The van der Waals surface area contributed by atoms with E-state index < -0.39 is 0 Å². The minimum Gasteiger partial charge on any atom is -0.267 e. The van der Waals surface area contributed by atoms with Crippen molar-refractivity contribution in [2.24, 2.45) is 0 Å². The molecule has 0 radical (unpaired) electrons. The molecule has 1 N–H and O–H groups in total. The number of hydrogen-bond donors (Lipinski definition) is 1. The summed E-state index contributed by atoms with van der Waals surface area (Å²) in [5.41, 5.74) is 1.27. The predicted octanol–water partition coefficient (Wildman–Crippen LogP) is 2.80. The molecular formula is C17H16N2O2. The van der Waals surface area contributed by atoms with E-state index in [1.54, 1.807) is 24.3 Å². The monoisotopic (exact) mass is 280 g/mol. The van der Waals surface area contributed by atoms with Gasteiger partial charge in [-0.3, -0.25) is 14.7 Å². The average molecular weight is 280 g/mol. The van der Waals surface area contributed by atoms with E-state index in [9.17, 15) is 9.59 Å². The van der Waals surface area contributed by atoms with Gasteiger partial charge < -0.3 is 0 Å². The van der Waals surface area contributed by atoms with Gasteiger partial charge in [0.05, 0.1) is 16.5 Å². The van der Waals surface area contributed by atoms with Gasteiger partial charge in [0.15, 0.2) is 0 Å². The Labute approximate surface area is 121 Å². The van der Waals surface area contributed by atoms with Crippen molar-refractivity contribution in [1.82, 2.24) is 9.78 Å². The zero-order valence-electron chi connectivity index (χ0n) is 12.0. The number of para-hydroxylation sites is 1. The first-order chi connectivity index (χ1) is 10.1. The lowest BCUT2D eigenvalue weighted by atomic mass is 10.0. The SMILES string of the molecule is CC(C)c1ccccc1-n1[nH]c(=O)c2ccccc2c1=O. The number of aromatic amines is 1. The second-order valence-electron chi connectivity index (χ2n) is 5.34. The highest BCUT2D eigenvalue weighted by atomic mass is 16.2. The van der Waals surface area contributed by atoms with Crippen LogP contribution in [0, 0.1) is 0 Å². The molecular weight excluding hydrogens is 264 g/mol. The summed E-state index contributed by atoms with van der Waals surface area (Å²) in [5.74, 6) is 0.253. The number of hydrogen-bond acceptors (Lipinski definition) is 2. The number of nitrogens with zero attached hydrogens (tertiary/aromatic N) is 1. The summed E-state index contributed by atoms with van der Waals surface area (Å²) in [6, 6.07) is 14.5. The molecule has 21 heavy (non-hydrogen) atoms. The van der Waals surface area contributed by atoms with Gasteiger partial charge in [-0.1, -0.05) is 44.2 Å². The Morgan fingerprint density at radius 2 is 1.52 bits per heavy atom. The third kappa shape index (κ3) is 2.18. The normalized spacial score (nSPS) is 11.2. The molecule has 0 fully saturated rings. The van der Waals surface area contributed by atoms with Crippen molar-refractivity contribution in [3.8, 4) is 5.69 Å². The van der Waals surface area contributed by atoms with Crippen molar-refractivity contribution in [3.05, 3.63) is 74.8 Å². The van der Waals surface area contributed by atoms with Crippen LogP contribution in [-0.4, -0.2) is 9.78 Å². The second kappa shape index (κ2) is 5.05. The molecule has 0 aliphatic carbocycles. The Bertz CT molecular complexity index is 920. The first kappa shape index (κ1) is 13.4. The Kier molecular flexibility index (Phi) is 3.22. The van der Waals surface area contributed by atoms with E-state index in [-0.39, 0.29) is 17.0 Å². The summed E-state index contributed by atoms with van der Waals surface area (Å²) in [6.07, 6.45) is 0. The minimum absolute atomic E-state index is 0.210. The van der Waals surface area contributed by atoms with Gasteiger partial charge in [-0.15, -0.1) is 0 Å². The van der Waals surface area contributed by atoms with Crippen molar-refractivity contribution in [3.63, 3.8) is 0 Å². The van der Waals surface area contributed by atoms with Crippen molar-refractivity contribution >= 4 is 10.8 Å². The van der Waals surface area contributed by atoms with Crippen LogP contribution in [0.4, 0.5) is 0 Å². The van der Waals surface area contributed by atoms with Crippen LogP contribution < -0.4 is 11.1 Å². The van der Waals surface area contributed by atoms with Crippen LogP contribution >= 0.6 is 0 Å². The summed E-state index contributed by atoms with van der Waals surface area (Å²) in [6.45, 7) is 4.12. The maximum Gasteiger partial charge on any atom is 0.277 e. The smallest absolute Gasteiger partial charge is 0.267 e. The van der Waals surface area contributed by atoms with Crippen LogP contribution in [0.1, 0.15) is 25.3 Å². The molecule has 0 atom stereocenters. The summed E-state index contributed by atoms with van der Waals surface area (Å²) >= 11 is 0. The van der Waals surface area contributed by atoms with Gasteiger partial charge in [0.1, 0.15) is 0 Å². The number of aromatic nitrogens is 2. The molecule has 3 aromatic rings. The first-order valence-corrected chi connectivity index (χ1v) is 6.93. The highest BCUT2D eigenvalue weighted by molar-refractivity contribution is 5.80. The lowest BCUT2D eigenvalue weighted by Crippen LogP contribution is -2.29. The first-order valence-electron chi connectivity index (χ1n) is 6.93. The predicted molar refractivity (Wildman–Crippen MR) is 84.3 cm³/mol. The molecule has 4 heteroatoms. The third-order valence-corrected chi connectivity index (χ3v) is 3.62. The van der Waals surface area contributed by atoms with Gasteiger partial charge in [-0.05, 0) is 29.7 Å². The van der Waals surface area contributed by atoms with E-state index in [1.165, 1.54) is 4.68 Å². The van der Waals surface area contributed by atoms with Gasteiger partial charge >= 0.3 is 0 Å². The molecule has 0 spiro atoms. The van der Waals surface area contributed by atoms with Crippen molar-refractivity contribution < 1.29 is 0 Å². The highest BCUT2D eigenvalue weighted by Gasteiger charge is 2.12. The van der Waals surface area contributed by atoms with Crippen LogP contribution in [-0.2, 0) is 0 Å². The molecule has 2 aromatic carbocycles. The zero-order valence-corrected chi connectivity index (χ0v) is 12.0. The molecule has 0 unspecified atom stereocenters. The molecule has 106 valence electrons. The Balaban J connectivity index is 2.40. The summed E-state index contributed by atoms with van der Waals surface area (Å²) in [4.78, 5) is 24.8. The van der Waals surface area contributed by atoms with Gasteiger partial charge in [0.25, 0.3) is 11.1 Å². The zero-order chi connectivity index (χ0) is 15.0. The van der Waals surface area contributed by atoms with Crippen molar-refractivity contribution in [2.45, 2.75) is 19.8 Å². The highest BCUT2D eigenvalue weighted by Crippen LogP contribution is 2.21. The third-order valence-electron chi connectivity index (χ3n) is 3.62. The van der Waals surface area contributed by atoms with Gasteiger partial charge in [0.2, 0.25) is 0 Å². The standard InChI is InChI=1S/C17H16N2O2/c1-11(2)12-7-5-6-10-15(12)19-17(21)14-9-4-3-8-13(14)16(20)18-19/h3-11H,1-2H3,(H,18,20). The maximum absolute atomic E-state index is 12.6.